The summed E-state index contributed by atoms with van der Waals surface area (Å²) in [6.07, 6.45) is 9.21. The number of carbonyl (C=O) groups is 2. The monoisotopic (exact) mass is 532 g/mol. The van der Waals surface area contributed by atoms with Crippen LogP contribution in [0.3, 0.4) is 0 Å². The van der Waals surface area contributed by atoms with Crippen LogP contribution >= 0.6 is 0 Å². The molecular weight excluding hydrogens is 488 g/mol. The molecule has 4 rings (SSSR count). The van der Waals surface area contributed by atoms with Crippen molar-refractivity contribution in [3.63, 3.8) is 0 Å². The number of nitrogens with one attached hydrogen (secondary N) is 1. The number of nitrogens with zero attached hydrogens (tertiary/aromatic N) is 1. The van der Waals surface area contributed by atoms with E-state index in [1.807, 2.05) is 30.3 Å². The van der Waals surface area contributed by atoms with E-state index in [4.69, 9.17) is 9.47 Å². The van der Waals surface area contributed by atoms with Gasteiger partial charge >= 0.3 is 5.97 Å². The standard InChI is InChI=1S/C33H44N2O4/c1-4-19-35-20-18-33(27-15-11-16-29(21-27)39-25(2)36)23-28(22-31(38-3)30(33)24-35)34-32(37)17-10-6-9-14-26-12-7-5-8-13-26/h4-5,7-8,11-13,15-16,21,28,30-31H,1,6,9-10,14,17-20,22-24H2,2-3H3,(H,34,37)/t28-,30+,31?,33+/m1/s1. The molecule has 210 valence electrons. The molecule has 0 radical (unpaired) electrons. The minimum atomic E-state index is -0.325. The molecule has 1 unspecified atom stereocenters. The Morgan fingerprint density at radius 1 is 1.13 bits per heavy atom. The summed E-state index contributed by atoms with van der Waals surface area (Å²) in [5, 5.41) is 3.37. The molecule has 1 heterocycles. The zero-order chi connectivity index (χ0) is 27.7. The summed E-state index contributed by atoms with van der Waals surface area (Å²) in [6, 6.07) is 18.5. The molecule has 1 N–H and O–H groups in total. The van der Waals surface area contributed by atoms with Gasteiger partial charge in [0.05, 0.1) is 6.10 Å². The molecule has 1 saturated heterocycles. The Kier molecular flexibility index (Phi) is 10.4. The predicted octanol–water partition coefficient (Wildman–Crippen LogP) is 5.45. The summed E-state index contributed by atoms with van der Waals surface area (Å²) < 4.78 is 11.6. The Hall–Kier alpha value is -2.96. The third-order valence-electron chi connectivity index (χ3n) is 8.55. The van der Waals surface area contributed by atoms with Crippen LogP contribution in [0.4, 0.5) is 0 Å². The third kappa shape index (κ3) is 7.58. The van der Waals surface area contributed by atoms with Crippen molar-refractivity contribution in [1.82, 2.24) is 10.2 Å². The molecule has 6 nitrogen and oxygen atoms in total. The smallest absolute Gasteiger partial charge is 0.308 e. The Morgan fingerprint density at radius 3 is 2.69 bits per heavy atom. The number of rotatable bonds is 12. The predicted molar refractivity (Wildman–Crippen MR) is 155 cm³/mol. The molecule has 1 aliphatic heterocycles. The van der Waals surface area contributed by atoms with Crippen molar-refractivity contribution >= 4 is 11.9 Å². The molecular formula is C33H44N2O4. The average Bonchev–Trinajstić information content (AvgIpc) is 2.93. The molecule has 39 heavy (non-hydrogen) atoms. The third-order valence-corrected chi connectivity index (χ3v) is 8.55. The van der Waals surface area contributed by atoms with E-state index < -0.39 is 0 Å². The van der Waals surface area contributed by atoms with Crippen LogP contribution < -0.4 is 10.1 Å². The van der Waals surface area contributed by atoms with Crippen LogP contribution in [0.1, 0.15) is 63.0 Å². The van der Waals surface area contributed by atoms with Gasteiger partial charge < -0.3 is 14.8 Å². The number of methoxy groups -OCH3 is 1. The van der Waals surface area contributed by atoms with Crippen molar-refractivity contribution in [3.8, 4) is 5.75 Å². The maximum absolute atomic E-state index is 13.0. The van der Waals surface area contributed by atoms with Gasteiger partial charge in [0.25, 0.3) is 0 Å². The quantitative estimate of drug-likeness (QED) is 0.170. The molecule has 2 aromatic carbocycles. The number of benzene rings is 2. The molecule has 2 fully saturated rings. The molecule has 2 aromatic rings. The van der Waals surface area contributed by atoms with E-state index in [0.29, 0.717) is 12.2 Å². The lowest BCUT2D eigenvalue weighted by molar-refractivity contribution is -0.132. The fourth-order valence-electron chi connectivity index (χ4n) is 6.75. The summed E-state index contributed by atoms with van der Waals surface area (Å²) in [7, 11) is 1.79. The highest BCUT2D eigenvalue weighted by molar-refractivity contribution is 5.76. The number of hydrogen-bond acceptors (Lipinski definition) is 5. The Balaban J connectivity index is 1.44. The van der Waals surface area contributed by atoms with Crippen LogP contribution in [-0.2, 0) is 26.2 Å². The van der Waals surface area contributed by atoms with Gasteiger partial charge in [-0.05, 0) is 68.3 Å². The normalized spacial score (nSPS) is 24.9. The van der Waals surface area contributed by atoms with E-state index in [0.717, 1.165) is 70.1 Å². The highest BCUT2D eigenvalue weighted by Gasteiger charge is 2.52. The highest BCUT2D eigenvalue weighted by atomic mass is 16.5. The molecule has 0 bridgehead atoms. The average molecular weight is 533 g/mol. The number of ether oxygens (including phenoxy) is 2. The zero-order valence-electron chi connectivity index (χ0n) is 23.6. The number of piperidine rings is 1. The van der Waals surface area contributed by atoms with Gasteiger partial charge in [-0.15, -0.1) is 6.58 Å². The van der Waals surface area contributed by atoms with Crippen molar-refractivity contribution < 1.29 is 19.1 Å². The summed E-state index contributed by atoms with van der Waals surface area (Å²) in [6.45, 7) is 8.07. The van der Waals surface area contributed by atoms with Gasteiger partial charge in [0.1, 0.15) is 5.75 Å². The largest absolute Gasteiger partial charge is 0.427 e. The SMILES string of the molecule is C=CCN1CC[C@@]2(c3cccc(OC(C)=O)c3)C[C@H](NC(=O)CCCCCc3ccccc3)CC(OC)[C@@H]2C1. The van der Waals surface area contributed by atoms with Gasteiger partial charge in [0, 0.05) is 50.9 Å². The Morgan fingerprint density at radius 2 is 1.95 bits per heavy atom. The van der Waals surface area contributed by atoms with Gasteiger partial charge in [-0.25, -0.2) is 0 Å². The fraction of sp³-hybridized carbons (Fsp3) is 0.515. The van der Waals surface area contributed by atoms with Crippen LogP contribution in [0.15, 0.2) is 67.3 Å². The first-order valence-electron chi connectivity index (χ1n) is 14.4. The van der Waals surface area contributed by atoms with E-state index in [1.165, 1.54) is 12.5 Å². The molecule has 0 aromatic heterocycles. The van der Waals surface area contributed by atoms with Gasteiger partial charge in [0.15, 0.2) is 0 Å². The number of carbonyl (C=O) groups excluding carboxylic acids is 2. The van der Waals surface area contributed by atoms with Crippen LogP contribution in [0, 0.1) is 5.92 Å². The summed E-state index contributed by atoms with van der Waals surface area (Å²) in [5.74, 6) is 0.627. The van der Waals surface area contributed by atoms with E-state index in [9.17, 15) is 9.59 Å². The number of fused-ring (bicyclic) bond motifs is 1. The number of likely N-dealkylation sites (tertiary alicyclic amines) is 1. The van der Waals surface area contributed by atoms with E-state index in [-0.39, 0.29) is 35.4 Å². The molecule has 2 aliphatic rings. The minimum Gasteiger partial charge on any atom is -0.427 e. The summed E-state index contributed by atoms with van der Waals surface area (Å²) in [5.41, 5.74) is 2.33. The summed E-state index contributed by atoms with van der Waals surface area (Å²) in [4.78, 5) is 27.1. The van der Waals surface area contributed by atoms with E-state index >= 15 is 0 Å². The topological polar surface area (TPSA) is 67.9 Å². The van der Waals surface area contributed by atoms with E-state index in [2.05, 4.69) is 47.1 Å². The lowest BCUT2D eigenvalue weighted by atomic mass is 9.57. The number of hydrogen-bond donors (Lipinski definition) is 1. The first-order chi connectivity index (χ1) is 18.9. The first kappa shape index (κ1) is 29.0. The van der Waals surface area contributed by atoms with Crippen LogP contribution in [0.2, 0.25) is 0 Å². The van der Waals surface area contributed by atoms with Crippen LogP contribution in [-0.4, -0.2) is 55.7 Å². The van der Waals surface area contributed by atoms with Crippen LogP contribution in [0.25, 0.3) is 0 Å². The first-order valence-corrected chi connectivity index (χ1v) is 14.4. The molecule has 6 heteroatoms. The number of esters is 1. The second-order valence-electron chi connectivity index (χ2n) is 11.2. The number of amides is 1. The second-order valence-corrected chi connectivity index (χ2v) is 11.2. The lowest BCUT2D eigenvalue weighted by Crippen LogP contribution is -2.61. The Labute approximate surface area is 233 Å². The molecule has 1 aliphatic carbocycles. The molecule has 1 amide bonds. The van der Waals surface area contributed by atoms with E-state index in [1.54, 1.807) is 7.11 Å². The fourth-order valence-corrected chi connectivity index (χ4v) is 6.75. The second kappa shape index (κ2) is 13.9. The van der Waals surface area contributed by atoms with Crippen molar-refractivity contribution in [3.05, 3.63) is 78.4 Å². The van der Waals surface area contributed by atoms with Gasteiger partial charge in [-0.1, -0.05) is 55.0 Å². The molecule has 0 spiro atoms. The zero-order valence-corrected chi connectivity index (χ0v) is 23.6. The van der Waals surface area contributed by atoms with Crippen LogP contribution in [0.5, 0.6) is 5.75 Å². The van der Waals surface area contributed by atoms with Crippen molar-refractivity contribution in [2.75, 3.05) is 26.7 Å². The number of unbranched alkanes of at least 4 members (excludes halogenated alkanes) is 2. The molecule has 1 saturated carbocycles. The Bertz CT molecular complexity index is 1100. The lowest BCUT2D eigenvalue weighted by Gasteiger charge is -2.55. The maximum atomic E-state index is 13.0. The maximum Gasteiger partial charge on any atom is 0.308 e. The van der Waals surface area contributed by atoms with Gasteiger partial charge in [-0.3, -0.25) is 14.5 Å². The minimum absolute atomic E-state index is 0.0138. The van der Waals surface area contributed by atoms with Crippen molar-refractivity contribution in [2.24, 2.45) is 5.92 Å². The van der Waals surface area contributed by atoms with Gasteiger partial charge in [-0.2, -0.15) is 0 Å². The van der Waals surface area contributed by atoms with Crippen molar-refractivity contribution in [1.29, 1.82) is 0 Å². The van der Waals surface area contributed by atoms with Crippen molar-refractivity contribution in [2.45, 2.75) is 75.9 Å². The molecule has 4 atom stereocenters. The summed E-state index contributed by atoms with van der Waals surface area (Å²) >= 11 is 0. The highest BCUT2D eigenvalue weighted by Crippen LogP contribution is 2.50. The van der Waals surface area contributed by atoms with Gasteiger partial charge in [0.2, 0.25) is 5.91 Å². The number of aryl methyl sites for hydroxylation is 1.